The topological polar surface area (TPSA) is 59.4 Å². The average molecular weight is 308 g/mol. The highest BCUT2D eigenvalue weighted by Crippen LogP contribution is 2.34. The Balaban J connectivity index is 2.68. The summed E-state index contributed by atoms with van der Waals surface area (Å²) in [5.74, 6) is -0.396. The molecule has 4 nitrogen and oxygen atoms in total. The molecule has 0 aliphatic heterocycles. The number of aromatic carboxylic acids is 1. The van der Waals surface area contributed by atoms with E-state index < -0.39 is 5.97 Å². The van der Waals surface area contributed by atoms with Gasteiger partial charge in [-0.1, -0.05) is 15.9 Å². The van der Waals surface area contributed by atoms with Gasteiger partial charge in [0.25, 0.3) is 0 Å². The van der Waals surface area contributed by atoms with E-state index in [4.69, 9.17) is 9.84 Å². The van der Waals surface area contributed by atoms with E-state index in [1.165, 1.54) is 6.20 Å². The summed E-state index contributed by atoms with van der Waals surface area (Å²) in [6.07, 6.45) is 2.89. The lowest BCUT2D eigenvalue weighted by Crippen LogP contribution is -2.01. The van der Waals surface area contributed by atoms with Crippen molar-refractivity contribution in [2.75, 3.05) is 7.11 Å². The Kier molecular flexibility index (Phi) is 3.62. The Morgan fingerprint density at radius 2 is 2.11 bits per heavy atom. The van der Waals surface area contributed by atoms with Gasteiger partial charge in [-0.2, -0.15) is 0 Å². The molecule has 2 aromatic rings. The van der Waals surface area contributed by atoms with Crippen molar-refractivity contribution in [2.45, 2.75) is 0 Å². The smallest absolute Gasteiger partial charge is 0.337 e. The highest BCUT2D eigenvalue weighted by Gasteiger charge is 2.15. The van der Waals surface area contributed by atoms with Gasteiger partial charge in [0.1, 0.15) is 5.75 Å². The summed E-state index contributed by atoms with van der Waals surface area (Å²) >= 11 is 3.37. The molecule has 1 heterocycles. The largest absolute Gasteiger partial charge is 0.496 e. The Morgan fingerprint density at radius 1 is 1.33 bits per heavy atom. The number of aromatic nitrogens is 1. The van der Waals surface area contributed by atoms with E-state index in [1.807, 2.05) is 12.1 Å². The van der Waals surface area contributed by atoms with Crippen LogP contribution in [-0.2, 0) is 0 Å². The van der Waals surface area contributed by atoms with E-state index >= 15 is 0 Å². The Hall–Kier alpha value is -1.88. The summed E-state index contributed by atoms with van der Waals surface area (Å²) in [6.45, 7) is 0. The third kappa shape index (κ3) is 2.36. The SMILES string of the molecule is COc1ccc(Br)cc1-c1ccncc1C(=O)O. The standard InChI is InChI=1S/C13H10BrNO3/c1-18-12-3-2-8(14)6-10(12)9-4-5-15-7-11(9)13(16)17/h2-7H,1H3,(H,16,17). The molecular formula is C13H10BrNO3. The van der Waals surface area contributed by atoms with E-state index in [-0.39, 0.29) is 5.56 Å². The van der Waals surface area contributed by atoms with Gasteiger partial charge in [-0.3, -0.25) is 4.98 Å². The highest BCUT2D eigenvalue weighted by atomic mass is 79.9. The first kappa shape index (κ1) is 12.6. The van der Waals surface area contributed by atoms with Crippen LogP contribution >= 0.6 is 15.9 Å². The van der Waals surface area contributed by atoms with Gasteiger partial charge in [0.2, 0.25) is 0 Å². The monoisotopic (exact) mass is 307 g/mol. The summed E-state index contributed by atoms with van der Waals surface area (Å²) in [7, 11) is 1.55. The number of carboxylic acids is 1. The number of hydrogen-bond donors (Lipinski definition) is 1. The lowest BCUT2D eigenvalue weighted by Gasteiger charge is -2.11. The Labute approximate surface area is 112 Å². The molecule has 1 aromatic carbocycles. The van der Waals surface area contributed by atoms with Crippen LogP contribution in [0.3, 0.4) is 0 Å². The number of carbonyl (C=O) groups is 1. The average Bonchev–Trinajstić information content (AvgIpc) is 2.38. The molecule has 18 heavy (non-hydrogen) atoms. The zero-order valence-electron chi connectivity index (χ0n) is 9.55. The molecule has 2 rings (SSSR count). The van der Waals surface area contributed by atoms with Crippen molar-refractivity contribution in [3.63, 3.8) is 0 Å². The van der Waals surface area contributed by atoms with Crippen molar-refractivity contribution in [3.8, 4) is 16.9 Å². The van der Waals surface area contributed by atoms with Gasteiger partial charge in [-0.25, -0.2) is 4.79 Å². The fraction of sp³-hybridized carbons (Fsp3) is 0.0769. The first-order valence-corrected chi connectivity index (χ1v) is 5.94. The summed E-state index contributed by atoms with van der Waals surface area (Å²) in [5, 5.41) is 9.17. The summed E-state index contributed by atoms with van der Waals surface area (Å²) in [6, 6.07) is 7.10. The zero-order chi connectivity index (χ0) is 13.1. The van der Waals surface area contributed by atoms with Gasteiger partial charge in [0.15, 0.2) is 0 Å². The minimum atomic E-state index is -1.01. The zero-order valence-corrected chi connectivity index (χ0v) is 11.1. The normalized spacial score (nSPS) is 10.1. The van der Waals surface area contributed by atoms with E-state index in [1.54, 1.807) is 25.4 Å². The van der Waals surface area contributed by atoms with Gasteiger partial charge in [-0.05, 0) is 24.3 Å². The van der Waals surface area contributed by atoms with Crippen LogP contribution in [-0.4, -0.2) is 23.2 Å². The van der Waals surface area contributed by atoms with Gasteiger partial charge in [-0.15, -0.1) is 0 Å². The number of hydrogen-bond acceptors (Lipinski definition) is 3. The molecule has 0 unspecified atom stereocenters. The van der Waals surface area contributed by atoms with Crippen LogP contribution in [0.4, 0.5) is 0 Å². The molecule has 0 fully saturated rings. The van der Waals surface area contributed by atoms with Crippen LogP contribution in [0.25, 0.3) is 11.1 Å². The first-order valence-electron chi connectivity index (χ1n) is 5.14. The molecular weight excluding hydrogens is 298 g/mol. The summed E-state index contributed by atoms with van der Waals surface area (Å²) in [5.41, 5.74) is 1.44. The van der Waals surface area contributed by atoms with Crippen molar-refractivity contribution in [2.24, 2.45) is 0 Å². The molecule has 0 atom stereocenters. The first-order chi connectivity index (χ1) is 8.63. The molecule has 1 aromatic heterocycles. The van der Waals surface area contributed by atoms with Crippen molar-refractivity contribution < 1.29 is 14.6 Å². The second-order valence-electron chi connectivity index (χ2n) is 3.57. The molecule has 5 heteroatoms. The second-order valence-corrected chi connectivity index (χ2v) is 4.49. The molecule has 0 saturated heterocycles. The number of ether oxygens (including phenoxy) is 1. The van der Waals surface area contributed by atoms with Crippen molar-refractivity contribution in [1.29, 1.82) is 0 Å². The minimum absolute atomic E-state index is 0.147. The van der Waals surface area contributed by atoms with E-state index in [0.29, 0.717) is 16.9 Å². The van der Waals surface area contributed by atoms with Gasteiger partial charge in [0.05, 0.1) is 12.7 Å². The predicted molar refractivity (Wildman–Crippen MR) is 70.9 cm³/mol. The molecule has 0 aliphatic rings. The fourth-order valence-electron chi connectivity index (χ4n) is 1.69. The van der Waals surface area contributed by atoms with Crippen LogP contribution in [0.2, 0.25) is 0 Å². The van der Waals surface area contributed by atoms with Gasteiger partial charge < -0.3 is 9.84 Å². The van der Waals surface area contributed by atoms with E-state index in [0.717, 1.165) is 4.47 Å². The van der Waals surface area contributed by atoms with Crippen molar-refractivity contribution in [3.05, 3.63) is 46.7 Å². The Morgan fingerprint density at radius 3 is 2.78 bits per heavy atom. The number of nitrogens with zero attached hydrogens (tertiary/aromatic N) is 1. The lowest BCUT2D eigenvalue weighted by molar-refractivity contribution is 0.0697. The third-order valence-electron chi connectivity index (χ3n) is 2.50. The summed E-state index contributed by atoms with van der Waals surface area (Å²) in [4.78, 5) is 15.0. The predicted octanol–water partition coefficient (Wildman–Crippen LogP) is 3.22. The maximum atomic E-state index is 11.2. The fourth-order valence-corrected chi connectivity index (χ4v) is 2.05. The van der Waals surface area contributed by atoms with E-state index in [9.17, 15) is 4.79 Å². The van der Waals surface area contributed by atoms with Gasteiger partial charge in [0, 0.05) is 28.0 Å². The van der Waals surface area contributed by atoms with Crippen molar-refractivity contribution in [1.82, 2.24) is 4.98 Å². The molecule has 92 valence electrons. The maximum absolute atomic E-state index is 11.2. The summed E-state index contributed by atoms with van der Waals surface area (Å²) < 4.78 is 6.11. The van der Waals surface area contributed by atoms with Crippen LogP contribution in [0, 0.1) is 0 Å². The lowest BCUT2D eigenvalue weighted by atomic mass is 10.0. The molecule has 0 amide bonds. The number of carboxylic acid groups (broad SMARTS) is 1. The van der Waals surface area contributed by atoms with E-state index in [2.05, 4.69) is 20.9 Å². The molecule has 0 saturated carbocycles. The number of pyridine rings is 1. The molecule has 0 aliphatic carbocycles. The van der Waals surface area contributed by atoms with Crippen molar-refractivity contribution >= 4 is 21.9 Å². The molecule has 0 spiro atoms. The number of halogens is 1. The van der Waals surface area contributed by atoms with Gasteiger partial charge >= 0.3 is 5.97 Å². The highest BCUT2D eigenvalue weighted by molar-refractivity contribution is 9.10. The quantitative estimate of drug-likeness (QED) is 0.946. The minimum Gasteiger partial charge on any atom is -0.496 e. The number of rotatable bonds is 3. The maximum Gasteiger partial charge on any atom is 0.337 e. The molecule has 1 N–H and O–H groups in total. The molecule has 0 bridgehead atoms. The number of methoxy groups -OCH3 is 1. The Bertz CT molecular complexity index is 599. The van der Waals surface area contributed by atoms with Crippen LogP contribution < -0.4 is 4.74 Å². The second kappa shape index (κ2) is 5.18. The number of benzene rings is 1. The third-order valence-corrected chi connectivity index (χ3v) is 3.00. The van der Waals surface area contributed by atoms with Crippen LogP contribution in [0.1, 0.15) is 10.4 Å². The van der Waals surface area contributed by atoms with Crippen LogP contribution in [0.15, 0.2) is 41.1 Å². The van der Waals surface area contributed by atoms with Crippen LogP contribution in [0.5, 0.6) is 5.75 Å². The molecule has 0 radical (unpaired) electrons.